The third-order valence-corrected chi connectivity index (χ3v) is 3.43. The van der Waals surface area contributed by atoms with Crippen LogP contribution in [0.25, 0.3) is 0 Å². The first-order chi connectivity index (χ1) is 11.6. The summed E-state index contributed by atoms with van der Waals surface area (Å²) in [7, 11) is 0. The quantitative estimate of drug-likeness (QED) is 0.835. The molecule has 0 bridgehead atoms. The molecule has 5 heteroatoms. The highest BCUT2D eigenvalue weighted by Crippen LogP contribution is 2.18. The second-order valence-corrected chi connectivity index (χ2v) is 6.98. The lowest BCUT2D eigenvalue weighted by Crippen LogP contribution is -2.27. The maximum absolute atomic E-state index is 12.4. The molecule has 132 valence electrons. The summed E-state index contributed by atoms with van der Waals surface area (Å²) in [5.74, 6) is -0.197. The Hall–Kier alpha value is -2.82. The fraction of sp³-hybridized carbons (Fsp3) is 0.300. The summed E-state index contributed by atoms with van der Waals surface area (Å²) in [6.07, 6.45) is -0.528. The molecule has 2 amide bonds. The molecule has 2 rings (SSSR count). The average Bonchev–Trinajstić information content (AvgIpc) is 2.49. The van der Waals surface area contributed by atoms with Gasteiger partial charge in [-0.05, 0) is 76.1 Å². The Bertz CT molecular complexity index is 775. The van der Waals surface area contributed by atoms with Gasteiger partial charge in [0.05, 0.1) is 0 Å². The number of hydrogen-bond acceptors (Lipinski definition) is 3. The van der Waals surface area contributed by atoms with Crippen molar-refractivity contribution < 1.29 is 14.3 Å². The van der Waals surface area contributed by atoms with Gasteiger partial charge in [-0.25, -0.2) is 4.79 Å². The first kappa shape index (κ1) is 18.5. The van der Waals surface area contributed by atoms with Crippen LogP contribution in [0.2, 0.25) is 0 Å². The van der Waals surface area contributed by atoms with Crippen molar-refractivity contribution >= 4 is 23.4 Å². The summed E-state index contributed by atoms with van der Waals surface area (Å²) in [6, 6.07) is 12.6. The maximum atomic E-state index is 12.4. The molecular formula is C20H24N2O3. The summed E-state index contributed by atoms with van der Waals surface area (Å²) in [4.78, 5) is 24.1. The lowest BCUT2D eigenvalue weighted by atomic mass is 10.1. The molecule has 0 atom stereocenters. The van der Waals surface area contributed by atoms with E-state index in [0.29, 0.717) is 11.3 Å². The average molecular weight is 340 g/mol. The number of rotatable bonds is 3. The molecule has 5 nitrogen and oxygen atoms in total. The van der Waals surface area contributed by atoms with Crippen molar-refractivity contribution in [1.82, 2.24) is 0 Å². The van der Waals surface area contributed by atoms with Crippen LogP contribution in [0.4, 0.5) is 16.2 Å². The molecule has 0 saturated carbocycles. The highest BCUT2D eigenvalue weighted by molar-refractivity contribution is 6.05. The monoisotopic (exact) mass is 340 g/mol. The second-order valence-electron chi connectivity index (χ2n) is 6.98. The van der Waals surface area contributed by atoms with Crippen molar-refractivity contribution in [3.8, 4) is 0 Å². The summed E-state index contributed by atoms with van der Waals surface area (Å²) in [5.41, 5.74) is 3.39. The maximum Gasteiger partial charge on any atom is 0.412 e. The normalized spacial score (nSPS) is 10.9. The van der Waals surface area contributed by atoms with Crippen molar-refractivity contribution in [3.63, 3.8) is 0 Å². The van der Waals surface area contributed by atoms with Crippen molar-refractivity contribution in [2.75, 3.05) is 10.6 Å². The zero-order valence-electron chi connectivity index (χ0n) is 15.3. The molecule has 0 aliphatic carbocycles. The largest absolute Gasteiger partial charge is 0.444 e. The molecule has 0 aliphatic rings. The molecule has 0 heterocycles. The van der Waals surface area contributed by atoms with Crippen molar-refractivity contribution in [2.24, 2.45) is 0 Å². The SMILES string of the molecule is Cc1ccc(C)c(NC(=O)c2ccc(NC(=O)OC(C)(C)C)cc2)c1. The van der Waals surface area contributed by atoms with Crippen molar-refractivity contribution in [3.05, 3.63) is 59.2 Å². The topological polar surface area (TPSA) is 67.4 Å². The Morgan fingerprint density at radius 1 is 0.920 bits per heavy atom. The van der Waals surface area contributed by atoms with Crippen LogP contribution < -0.4 is 10.6 Å². The summed E-state index contributed by atoms with van der Waals surface area (Å²) in [6.45, 7) is 9.32. The van der Waals surface area contributed by atoms with Gasteiger partial charge in [-0.3, -0.25) is 10.1 Å². The van der Waals surface area contributed by atoms with E-state index in [2.05, 4.69) is 10.6 Å². The van der Waals surface area contributed by atoms with Gasteiger partial charge in [0.25, 0.3) is 5.91 Å². The van der Waals surface area contributed by atoms with E-state index >= 15 is 0 Å². The number of aryl methyl sites for hydroxylation is 2. The molecule has 0 saturated heterocycles. The number of ether oxygens (including phenoxy) is 1. The highest BCUT2D eigenvalue weighted by atomic mass is 16.6. The molecule has 0 spiro atoms. The molecule has 2 N–H and O–H groups in total. The fourth-order valence-corrected chi connectivity index (χ4v) is 2.19. The van der Waals surface area contributed by atoms with Crippen LogP contribution in [0, 0.1) is 13.8 Å². The molecule has 0 radical (unpaired) electrons. The molecular weight excluding hydrogens is 316 g/mol. The van der Waals surface area contributed by atoms with Crippen LogP contribution >= 0.6 is 0 Å². The molecule has 0 unspecified atom stereocenters. The van der Waals surface area contributed by atoms with E-state index in [1.165, 1.54) is 0 Å². The zero-order valence-corrected chi connectivity index (χ0v) is 15.3. The van der Waals surface area contributed by atoms with Crippen LogP contribution in [0.1, 0.15) is 42.3 Å². The van der Waals surface area contributed by atoms with Gasteiger partial charge in [0, 0.05) is 16.9 Å². The number of amides is 2. The molecule has 2 aromatic rings. The van der Waals surface area contributed by atoms with Crippen LogP contribution in [-0.2, 0) is 4.74 Å². The minimum absolute atomic E-state index is 0.197. The number of hydrogen-bond donors (Lipinski definition) is 2. The number of benzene rings is 2. The van der Waals surface area contributed by atoms with Crippen LogP contribution in [0.15, 0.2) is 42.5 Å². The second kappa shape index (κ2) is 7.38. The van der Waals surface area contributed by atoms with Gasteiger partial charge < -0.3 is 10.1 Å². The minimum atomic E-state index is -0.560. The molecule has 25 heavy (non-hydrogen) atoms. The van der Waals surface area contributed by atoms with Gasteiger partial charge >= 0.3 is 6.09 Å². The predicted octanol–water partition coefficient (Wildman–Crippen LogP) is 4.90. The Balaban J connectivity index is 2.03. The Labute approximate surface area is 148 Å². The standard InChI is InChI=1S/C20H24N2O3/c1-13-6-7-14(2)17(12-13)22-18(23)15-8-10-16(11-9-15)21-19(24)25-20(3,4)5/h6-12H,1-5H3,(H,21,24)(H,22,23). The summed E-state index contributed by atoms with van der Waals surface area (Å²) >= 11 is 0. The molecule has 0 aromatic heterocycles. The van der Waals surface area contributed by atoms with Gasteiger partial charge in [0.1, 0.15) is 5.60 Å². The van der Waals surface area contributed by atoms with Crippen LogP contribution in [0.5, 0.6) is 0 Å². The number of anilines is 2. The lowest BCUT2D eigenvalue weighted by molar-refractivity contribution is 0.0636. The number of carbonyl (C=O) groups excluding carboxylic acids is 2. The first-order valence-electron chi connectivity index (χ1n) is 8.13. The van der Waals surface area contributed by atoms with E-state index in [9.17, 15) is 9.59 Å². The van der Waals surface area contributed by atoms with Gasteiger partial charge in [-0.1, -0.05) is 12.1 Å². The smallest absolute Gasteiger partial charge is 0.412 e. The van der Waals surface area contributed by atoms with Gasteiger partial charge in [0.2, 0.25) is 0 Å². The Morgan fingerprint density at radius 3 is 2.16 bits per heavy atom. The van der Waals surface area contributed by atoms with Crippen molar-refractivity contribution in [1.29, 1.82) is 0 Å². The number of carbonyl (C=O) groups is 2. The Kier molecular flexibility index (Phi) is 5.47. The van der Waals surface area contributed by atoms with E-state index in [-0.39, 0.29) is 5.91 Å². The molecule has 0 fully saturated rings. The molecule has 2 aromatic carbocycles. The van der Waals surface area contributed by atoms with Crippen LogP contribution in [0.3, 0.4) is 0 Å². The van der Waals surface area contributed by atoms with Gasteiger partial charge in [0.15, 0.2) is 0 Å². The number of nitrogens with one attached hydrogen (secondary N) is 2. The zero-order chi connectivity index (χ0) is 18.6. The van der Waals surface area contributed by atoms with E-state index < -0.39 is 11.7 Å². The van der Waals surface area contributed by atoms with Gasteiger partial charge in [-0.2, -0.15) is 0 Å². The van der Waals surface area contributed by atoms with Crippen LogP contribution in [-0.4, -0.2) is 17.6 Å². The van der Waals surface area contributed by atoms with E-state index in [4.69, 9.17) is 4.74 Å². The summed E-state index contributed by atoms with van der Waals surface area (Å²) < 4.78 is 5.19. The summed E-state index contributed by atoms with van der Waals surface area (Å²) in [5, 5.41) is 5.55. The molecule has 0 aliphatic heterocycles. The Morgan fingerprint density at radius 2 is 1.56 bits per heavy atom. The van der Waals surface area contributed by atoms with E-state index in [0.717, 1.165) is 16.8 Å². The third-order valence-electron chi connectivity index (χ3n) is 3.43. The van der Waals surface area contributed by atoms with E-state index in [1.807, 2.05) is 32.0 Å². The predicted molar refractivity (Wildman–Crippen MR) is 100 cm³/mol. The van der Waals surface area contributed by atoms with Gasteiger partial charge in [-0.15, -0.1) is 0 Å². The van der Waals surface area contributed by atoms with Crippen molar-refractivity contribution in [2.45, 2.75) is 40.2 Å². The van der Waals surface area contributed by atoms with E-state index in [1.54, 1.807) is 45.0 Å². The highest BCUT2D eigenvalue weighted by Gasteiger charge is 2.16. The third kappa shape index (κ3) is 5.64. The fourth-order valence-electron chi connectivity index (χ4n) is 2.19. The lowest BCUT2D eigenvalue weighted by Gasteiger charge is -2.19. The minimum Gasteiger partial charge on any atom is -0.444 e. The first-order valence-corrected chi connectivity index (χ1v) is 8.13.